The highest BCUT2D eigenvalue weighted by atomic mass is 16.6. The van der Waals surface area contributed by atoms with Crippen LogP contribution in [-0.4, -0.2) is 41.4 Å². The number of hydrogen-bond donors (Lipinski definition) is 3. The third kappa shape index (κ3) is 7.32. The average Bonchev–Trinajstić information content (AvgIpc) is 2.35. The standard InChI is InChI=1S/C15H28N2O4/c1-10(13(18)19)16-9-11-5-7-12(8-6-11)17-14(20)21-15(2,3)4/h10-12,16H,5-9H2,1-4H3,(H,17,20)(H,18,19)/t10-,11?,12?/m0/s1. The summed E-state index contributed by atoms with van der Waals surface area (Å²) < 4.78 is 5.24. The molecule has 0 aromatic carbocycles. The first-order valence-electron chi connectivity index (χ1n) is 7.63. The molecule has 0 radical (unpaired) electrons. The molecule has 0 spiro atoms. The summed E-state index contributed by atoms with van der Waals surface area (Å²) >= 11 is 0. The molecule has 3 N–H and O–H groups in total. The van der Waals surface area contributed by atoms with Crippen molar-refractivity contribution in [1.82, 2.24) is 10.6 Å². The normalized spacial score (nSPS) is 24.2. The maximum Gasteiger partial charge on any atom is 0.407 e. The van der Waals surface area contributed by atoms with Crippen molar-refractivity contribution in [2.45, 2.75) is 71.1 Å². The van der Waals surface area contributed by atoms with Gasteiger partial charge in [0.2, 0.25) is 0 Å². The molecule has 1 aliphatic carbocycles. The largest absolute Gasteiger partial charge is 0.480 e. The summed E-state index contributed by atoms with van der Waals surface area (Å²) in [6, 6.07) is -0.351. The molecule has 1 rings (SSSR count). The molecule has 0 heterocycles. The van der Waals surface area contributed by atoms with Gasteiger partial charge in [-0.05, 0) is 65.8 Å². The fourth-order valence-electron chi connectivity index (χ4n) is 2.42. The first-order chi connectivity index (χ1) is 9.67. The Kier molecular flexibility index (Phi) is 6.45. The number of ether oxygens (including phenoxy) is 1. The van der Waals surface area contributed by atoms with Crippen molar-refractivity contribution >= 4 is 12.1 Å². The van der Waals surface area contributed by atoms with E-state index in [0.717, 1.165) is 25.7 Å². The molecule has 1 atom stereocenters. The van der Waals surface area contributed by atoms with Crippen LogP contribution >= 0.6 is 0 Å². The number of nitrogens with one attached hydrogen (secondary N) is 2. The Morgan fingerprint density at radius 2 is 1.81 bits per heavy atom. The maximum absolute atomic E-state index is 11.7. The summed E-state index contributed by atoms with van der Waals surface area (Å²) in [5.41, 5.74) is -0.474. The third-order valence-electron chi connectivity index (χ3n) is 3.65. The minimum Gasteiger partial charge on any atom is -0.480 e. The molecule has 6 nitrogen and oxygen atoms in total. The second-order valence-electron chi connectivity index (χ2n) is 6.83. The van der Waals surface area contributed by atoms with E-state index in [4.69, 9.17) is 9.84 Å². The quantitative estimate of drug-likeness (QED) is 0.724. The lowest BCUT2D eigenvalue weighted by atomic mass is 9.86. The zero-order valence-corrected chi connectivity index (χ0v) is 13.4. The third-order valence-corrected chi connectivity index (χ3v) is 3.65. The van der Waals surface area contributed by atoms with E-state index >= 15 is 0 Å². The van der Waals surface area contributed by atoms with Crippen LogP contribution in [0.1, 0.15) is 53.4 Å². The molecule has 1 fully saturated rings. The van der Waals surface area contributed by atoms with E-state index in [1.54, 1.807) is 6.92 Å². The molecule has 0 unspecified atom stereocenters. The van der Waals surface area contributed by atoms with E-state index in [1.807, 2.05) is 20.8 Å². The van der Waals surface area contributed by atoms with Gasteiger partial charge >= 0.3 is 12.1 Å². The van der Waals surface area contributed by atoms with Crippen LogP contribution in [0.3, 0.4) is 0 Å². The van der Waals surface area contributed by atoms with Crippen molar-refractivity contribution in [3.05, 3.63) is 0 Å². The number of carbonyl (C=O) groups is 2. The highest BCUT2D eigenvalue weighted by Gasteiger charge is 2.25. The van der Waals surface area contributed by atoms with Gasteiger partial charge in [-0.15, -0.1) is 0 Å². The van der Waals surface area contributed by atoms with Gasteiger partial charge in [-0.3, -0.25) is 4.79 Å². The first kappa shape index (κ1) is 17.8. The number of carbonyl (C=O) groups excluding carboxylic acids is 1. The maximum atomic E-state index is 11.7. The molecule has 1 aliphatic rings. The Morgan fingerprint density at radius 3 is 2.29 bits per heavy atom. The molecule has 122 valence electrons. The zero-order valence-electron chi connectivity index (χ0n) is 13.4. The summed E-state index contributed by atoms with van der Waals surface area (Å²) in [6.07, 6.45) is 3.43. The molecule has 1 amide bonds. The van der Waals surface area contributed by atoms with Crippen molar-refractivity contribution in [2.75, 3.05) is 6.54 Å². The summed E-state index contributed by atoms with van der Waals surface area (Å²) in [4.78, 5) is 22.4. The van der Waals surface area contributed by atoms with Gasteiger partial charge in [0.15, 0.2) is 0 Å². The van der Waals surface area contributed by atoms with Gasteiger partial charge in [-0.1, -0.05) is 0 Å². The van der Waals surface area contributed by atoms with E-state index < -0.39 is 17.6 Å². The number of rotatable bonds is 5. The minimum absolute atomic E-state index is 0.160. The summed E-state index contributed by atoms with van der Waals surface area (Å²) in [6.45, 7) is 7.90. The topological polar surface area (TPSA) is 87.7 Å². The van der Waals surface area contributed by atoms with Crippen LogP contribution in [0.4, 0.5) is 4.79 Å². The molecule has 1 saturated carbocycles. The van der Waals surface area contributed by atoms with Crippen LogP contribution in [0.5, 0.6) is 0 Å². The van der Waals surface area contributed by atoms with Crippen LogP contribution in [0.15, 0.2) is 0 Å². The highest BCUT2D eigenvalue weighted by Crippen LogP contribution is 2.24. The van der Waals surface area contributed by atoms with Gasteiger partial charge in [-0.25, -0.2) is 4.79 Å². The lowest BCUT2D eigenvalue weighted by Gasteiger charge is -2.30. The lowest BCUT2D eigenvalue weighted by molar-refractivity contribution is -0.139. The molecular formula is C15H28N2O4. The number of alkyl carbamates (subject to hydrolysis) is 1. The summed E-state index contributed by atoms with van der Waals surface area (Å²) in [5.74, 6) is -0.348. The average molecular weight is 300 g/mol. The summed E-state index contributed by atoms with van der Waals surface area (Å²) in [7, 11) is 0. The molecule has 0 aromatic rings. The van der Waals surface area contributed by atoms with Crippen molar-refractivity contribution in [3.63, 3.8) is 0 Å². The van der Waals surface area contributed by atoms with Crippen molar-refractivity contribution in [3.8, 4) is 0 Å². The Bertz CT molecular complexity index is 357. The van der Waals surface area contributed by atoms with Crippen LogP contribution < -0.4 is 10.6 Å². The van der Waals surface area contributed by atoms with Gasteiger partial charge in [0, 0.05) is 6.04 Å². The second-order valence-corrected chi connectivity index (χ2v) is 6.83. The van der Waals surface area contributed by atoms with E-state index in [-0.39, 0.29) is 12.1 Å². The Labute approximate surface area is 126 Å². The zero-order chi connectivity index (χ0) is 16.0. The SMILES string of the molecule is C[C@H](NCC1CCC(NC(=O)OC(C)(C)C)CC1)C(=O)O. The monoisotopic (exact) mass is 300 g/mol. The number of carboxylic acids is 1. The fraction of sp³-hybridized carbons (Fsp3) is 0.867. The van der Waals surface area contributed by atoms with Gasteiger partial charge in [0.25, 0.3) is 0 Å². The van der Waals surface area contributed by atoms with Gasteiger partial charge < -0.3 is 20.5 Å². The van der Waals surface area contributed by atoms with Crippen molar-refractivity contribution < 1.29 is 19.4 Å². The molecule has 0 bridgehead atoms. The number of hydrogen-bond acceptors (Lipinski definition) is 4. The number of aliphatic carboxylic acids is 1. The fourth-order valence-corrected chi connectivity index (χ4v) is 2.42. The molecule has 0 saturated heterocycles. The number of carboxylic acid groups (broad SMARTS) is 1. The number of amides is 1. The Balaban J connectivity index is 2.23. The van der Waals surface area contributed by atoms with Crippen LogP contribution in [0.2, 0.25) is 0 Å². The highest BCUT2D eigenvalue weighted by molar-refractivity contribution is 5.72. The van der Waals surface area contributed by atoms with E-state index in [2.05, 4.69) is 10.6 Å². The van der Waals surface area contributed by atoms with Gasteiger partial charge in [0.1, 0.15) is 11.6 Å². The molecule has 0 aromatic heterocycles. The second kappa shape index (κ2) is 7.64. The molecule has 21 heavy (non-hydrogen) atoms. The van der Waals surface area contributed by atoms with E-state index in [1.165, 1.54) is 0 Å². The van der Waals surface area contributed by atoms with Crippen LogP contribution in [-0.2, 0) is 9.53 Å². The molecular weight excluding hydrogens is 272 g/mol. The van der Waals surface area contributed by atoms with E-state index in [0.29, 0.717) is 12.5 Å². The Morgan fingerprint density at radius 1 is 1.24 bits per heavy atom. The lowest BCUT2D eigenvalue weighted by Crippen LogP contribution is -2.43. The van der Waals surface area contributed by atoms with Crippen LogP contribution in [0, 0.1) is 5.92 Å². The predicted molar refractivity (Wildman–Crippen MR) is 80.2 cm³/mol. The van der Waals surface area contributed by atoms with Crippen molar-refractivity contribution in [2.24, 2.45) is 5.92 Å². The molecule has 0 aliphatic heterocycles. The van der Waals surface area contributed by atoms with Gasteiger partial charge in [0.05, 0.1) is 0 Å². The molecule has 6 heteroatoms. The minimum atomic E-state index is -0.824. The van der Waals surface area contributed by atoms with Gasteiger partial charge in [-0.2, -0.15) is 0 Å². The Hall–Kier alpha value is -1.30. The van der Waals surface area contributed by atoms with Crippen LogP contribution in [0.25, 0.3) is 0 Å². The predicted octanol–water partition coefficient (Wildman–Crippen LogP) is 2.13. The first-order valence-corrected chi connectivity index (χ1v) is 7.63. The summed E-state index contributed by atoms with van der Waals surface area (Å²) in [5, 5.41) is 14.8. The van der Waals surface area contributed by atoms with Crippen molar-refractivity contribution in [1.29, 1.82) is 0 Å². The van der Waals surface area contributed by atoms with E-state index in [9.17, 15) is 9.59 Å². The smallest absolute Gasteiger partial charge is 0.407 e.